The van der Waals surface area contributed by atoms with Crippen LogP contribution in [-0.2, 0) is 4.79 Å². The smallest absolute Gasteiger partial charge is 0.263 e. The maximum Gasteiger partial charge on any atom is 0.263 e. The van der Waals surface area contributed by atoms with Gasteiger partial charge in [0.05, 0.1) is 0 Å². The van der Waals surface area contributed by atoms with Gasteiger partial charge in [-0.2, -0.15) is 0 Å². The van der Waals surface area contributed by atoms with E-state index in [1.54, 1.807) is 19.1 Å². The Bertz CT molecular complexity index is 468. The van der Waals surface area contributed by atoms with Crippen molar-refractivity contribution < 1.29 is 13.9 Å². The highest BCUT2D eigenvalue weighted by Crippen LogP contribution is 2.20. The van der Waals surface area contributed by atoms with E-state index in [0.717, 1.165) is 31.5 Å². The molecular weight excluding hydrogens is 257 g/mol. The average molecular weight is 279 g/mol. The number of halogens is 1. The standard InChI is InChI=1S/C16H22FNO2/c1-12-7-8-14(17)15(11-12)20-13(2)16(19)18-9-5-3-4-6-10-18/h7-8,11,13H,3-6,9-10H2,1-2H3. The molecule has 20 heavy (non-hydrogen) atoms. The number of hydrogen-bond donors (Lipinski definition) is 0. The Morgan fingerprint density at radius 1 is 1.25 bits per heavy atom. The van der Waals surface area contributed by atoms with Gasteiger partial charge >= 0.3 is 0 Å². The van der Waals surface area contributed by atoms with Crippen molar-refractivity contribution in [1.82, 2.24) is 4.90 Å². The predicted molar refractivity (Wildman–Crippen MR) is 76.3 cm³/mol. The molecule has 0 spiro atoms. The molecule has 1 atom stereocenters. The molecule has 1 saturated heterocycles. The summed E-state index contributed by atoms with van der Waals surface area (Å²) in [5.41, 5.74) is 0.913. The molecule has 1 aromatic carbocycles. The number of ether oxygens (including phenoxy) is 1. The van der Waals surface area contributed by atoms with E-state index in [1.807, 2.05) is 11.8 Å². The zero-order chi connectivity index (χ0) is 14.5. The normalized spacial score (nSPS) is 17.4. The van der Waals surface area contributed by atoms with Crippen molar-refractivity contribution in [2.24, 2.45) is 0 Å². The van der Waals surface area contributed by atoms with Crippen molar-refractivity contribution in [3.8, 4) is 5.75 Å². The number of likely N-dealkylation sites (tertiary alicyclic amines) is 1. The average Bonchev–Trinajstić information content (AvgIpc) is 2.71. The maximum atomic E-state index is 13.7. The second-order valence-corrected chi connectivity index (χ2v) is 5.43. The van der Waals surface area contributed by atoms with Gasteiger partial charge in [0.15, 0.2) is 17.7 Å². The van der Waals surface area contributed by atoms with Crippen LogP contribution in [0.25, 0.3) is 0 Å². The summed E-state index contributed by atoms with van der Waals surface area (Å²) in [6, 6.07) is 4.68. The first kappa shape index (κ1) is 14.8. The van der Waals surface area contributed by atoms with Crippen LogP contribution >= 0.6 is 0 Å². The Morgan fingerprint density at radius 2 is 1.90 bits per heavy atom. The topological polar surface area (TPSA) is 29.5 Å². The first-order chi connectivity index (χ1) is 9.58. The summed E-state index contributed by atoms with van der Waals surface area (Å²) < 4.78 is 19.2. The minimum absolute atomic E-state index is 0.0483. The van der Waals surface area contributed by atoms with Crippen LogP contribution in [-0.4, -0.2) is 30.0 Å². The van der Waals surface area contributed by atoms with E-state index < -0.39 is 11.9 Å². The molecule has 1 fully saturated rings. The molecule has 1 aliphatic heterocycles. The molecule has 1 unspecified atom stereocenters. The van der Waals surface area contributed by atoms with E-state index in [1.165, 1.54) is 18.9 Å². The molecule has 4 heteroatoms. The van der Waals surface area contributed by atoms with Crippen LogP contribution in [0.3, 0.4) is 0 Å². The van der Waals surface area contributed by atoms with E-state index in [9.17, 15) is 9.18 Å². The van der Waals surface area contributed by atoms with Gasteiger partial charge in [-0.3, -0.25) is 4.79 Å². The van der Waals surface area contributed by atoms with E-state index in [4.69, 9.17) is 4.74 Å². The minimum Gasteiger partial charge on any atom is -0.478 e. The lowest BCUT2D eigenvalue weighted by Gasteiger charge is -2.24. The van der Waals surface area contributed by atoms with E-state index in [2.05, 4.69) is 0 Å². The fourth-order valence-corrected chi connectivity index (χ4v) is 2.49. The number of carbonyl (C=O) groups is 1. The number of nitrogens with zero attached hydrogens (tertiary/aromatic N) is 1. The molecule has 0 aliphatic carbocycles. The maximum absolute atomic E-state index is 13.7. The molecule has 0 saturated carbocycles. The fraction of sp³-hybridized carbons (Fsp3) is 0.562. The summed E-state index contributed by atoms with van der Waals surface area (Å²) >= 11 is 0. The number of aryl methyl sites for hydroxylation is 1. The highest BCUT2D eigenvalue weighted by molar-refractivity contribution is 5.80. The van der Waals surface area contributed by atoms with Crippen molar-refractivity contribution in [3.63, 3.8) is 0 Å². The lowest BCUT2D eigenvalue weighted by molar-refractivity contribution is -0.137. The van der Waals surface area contributed by atoms with Crippen molar-refractivity contribution in [2.45, 2.75) is 45.6 Å². The number of hydrogen-bond acceptors (Lipinski definition) is 2. The molecule has 0 aromatic heterocycles. The van der Waals surface area contributed by atoms with E-state index in [-0.39, 0.29) is 11.7 Å². The van der Waals surface area contributed by atoms with Crippen molar-refractivity contribution in [2.75, 3.05) is 13.1 Å². The molecule has 0 N–H and O–H groups in total. The Hall–Kier alpha value is -1.58. The second-order valence-electron chi connectivity index (χ2n) is 5.43. The van der Waals surface area contributed by atoms with Crippen LogP contribution in [0, 0.1) is 12.7 Å². The molecule has 0 bridgehead atoms. The molecule has 3 nitrogen and oxygen atoms in total. The van der Waals surface area contributed by atoms with Gasteiger partial charge in [-0.05, 0) is 44.4 Å². The minimum atomic E-state index is -0.649. The lowest BCUT2D eigenvalue weighted by atomic mass is 10.2. The largest absolute Gasteiger partial charge is 0.478 e. The van der Waals surface area contributed by atoms with Gasteiger partial charge < -0.3 is 9.64 Å². The van der Waals surface area contributed by atoms with Gasteiger partial charge in [0.2, 0.25) is 0 Å². The molecule has 1 heterocycles. The number of benzene rings is 1. The zero-order valence-corrected chi connectivity index (χ0v) is 12.2. The van der Waals surface area contributed by atoms with Crippen molar-refractivity contribution >= 4 is 5.91 Å². The molecule has 2 rings (SSSR count). The van der Waals surface area contributed by atoms with Gasteiger partial charge in [0.1, 0.15) is 0 Å². The summed E-state index contributed by atoms with van der Waals surface area (Å²) in [5, 5.41) is 0. The summed E-state index contributed by atoms with van der Waals surface area (Å²) in [7, 11) is 0. The Balaban J connectivity index is 2.01. The predicted octanol–water partition coefficient (Wildman–Crippen LogP) is 3.30. The second kappa shape index (κ2) is 6.73. The molecule has 1 aromatic rings. The Labute approximate surface area is 119 Å². The lowest BCUT2D eigenvalue weighted by Crippen LogP contribution is -2.41. The number of carbonyl (C=O) groups excluding carboxylic acids is 1. The molecule has 110 valence electrons. The highest BCUT2D eigenvalue weighted by Gasteiger charge is 2.23. The van der Waals surface area contributed by atoms with Crippen LogP contribution < -0.4 is 4.74 Å². The van der Waals surface area contributed by atoms with Crippen molar-refractivity contribution in [1.29, 1.82) is 0 Å². The van der Waals surface area contributed by atoms with Gasteiger partial charge in [0.25, 0.3) is 5.91 Å². The summed E-state index contributed by atoms with van der Waals surface area (Å²) in [5.74, 6) is -0.320. The Morgan fingerprint density at radius 3 is 2.55 bits per heavy atom. The molecule has 0 radical (unpaired) electrons. The van der Waals surface area contributed by atoms with Crippen LogP contribution in [0.4, 0.5) is 4.39 Å². The first-order valence-electron chi connectivity index (χ1n) is 7.29. The van der Waals surface area contributed by atoms with E-state index in [0.29, 0.717) is 0 Å². The van der Waals surface area contributed by atoms with Crippen LogP contribution in [0.15, 0.2) is 18.2 Å². The van der Waals surface area contributed by atoms with Crippen molar-refractivity contribution in [3.05, 3.63) is 29.6 Å². The fourth-order valence-electron chi connectivity index (χ4n) is 2.49. The quantitative estimate of drug-likeness (QED) is 0.849. The molecular formula is C16H22FNO2. The van der Waals surface area contributed by atoms with E-state index >= 15 is 0 Å². The van der Waals surface area contributed by atoms with Crippen LogP contribution in [0.2, 0.25) is 0 Å². The number of rotatable bonds is 3. The molecule has 1 amide bonds. The van der Waals surface area contributed by atoms with Crippen LogP contribution in [0.1, 0.15) is 38.2 Å². The first-order valence-corrected chi connectivity index (χ1v) is 7.29. The summed E-state index contributed by atoms with van der Waals surface area (Å²) in [6.07, 6.45) is 3.77. The van der Waals surface area contributed by atoms with Crippen LogP contribution in [0.5, 0.6) is 5.75 Å². The third kappa shape index (κ3) is 3.71. The third-order valence-electron chi connectivity index (χ3n) is 3.66. The molecule has 1 aliphatic rings. The highest BCUT2D eigenvalue weighted by atomic mass is 19.1. The zero-order valence-electron chi connectivity index (χ0n) is 12.2. The summed E-state index contributed by atoms with van der Waals surface area (Å²) in [4.78, 5) is 14.2. The third-order valence-corrected chi connectivity index (χ3v) is 3.66. The monoisotopic (exact) mass is 279 g/mol. The number of amides is 1. The van der Waals surface area contributed by atoms with Gasteiger partial charge in [-0.25, -0.2) is 4.39 Å². The summed E-state index contributed by atoms with van der Waals surface area (Å²) in [6.45, 7) is 5.12. The van der Waals surface area contributed by atoms with Gasteiger partial charge in [-0.15, -0.1) is 0 Å². The van der Waals surface area contributed by atoms with Gasteiger partial charge in [-0.1, -0.05) is 18.9 Å². The Kier molecular flexibility index (Phi) is 4.99. The van der Waals surface area contributed by atoms with Gasteiger partial charge in [0, 0.05) is 13.1 Å². The SMILES string of the molecule is Cc1ccc(F)c(OC(C)C(=O)N2CCCCCC2)c1.